The lowest BCUT2D eigenvalue weighted by atomic mass is 9.60. The first-order valence-electron chi connectivity index (χ1n) is 7.74. The van der Waals surface area contributed by atoms with Crippen molar-refractivity contribution in [2.24, 2.45) is 10.4 Å². The van der Waals surface area contributed by atoms with Crippen LogP contribution in [0.5, 0.6) is 0 Å². The topological polar surface area (TPSA) is 45.6 Å². The summed E-state index contributed by atoms with van der Waals surface area (Å²) in [7, 11) is 1.84. The normalized spacial score (nSPS) is 28.1. The highest BCUT2D eigenvalue weighted by Crippen LogP contribution is 2.54. The van der Waals surface area contributed by atoms with Gasteiger partial charge in [-0.15, -0.1) is 24.0 Å². The average Bonchev–Trinajstić information content (AvgIpc) is 2.88. The van der Waals surface area contributed by atoms with E-state index in [1.165, 1.54) is 25.7 Å². The highest BCUT2D eigenvalue weighted by atomic mass is 127. The van der Waals surface area contributed by atoms with Gasteiger partial charge in [0.05, 0.1) is 6.10 Å². The Bertz CT molecular complexity index is 327. The van der Waals surface area contributed by atoms with Crippen LogP contribution in [-0.4, -0.2) is 37.8 Å². The maximum Gasteiger partial charge on any atom is 0.191 e. The van der Waals surface area contributed by atoms with Crippen LogP contribution < -0.4 is 10.6 Å². The molecule has 0 aliphatic heterocycles. The van der Waals surface area contributed by atoms with Crippen LogP contribution in [0.15, 0.2) is 4.99 Å². The predicted octanol–water partition coefficient (Wildman–Crippen LogP) is 2.92. The van der Waals surface area contributed by atoms with Crippen molar-refractivity contribution in [1.29, 1.82) is 0 Å². The number of nitrogens with one attached hydrogen (secondary N) is 2. The molecule has 0 saturated heterocycles. The van der Waals surface area contributed by atoms with E-state index in [0.717, 1.165) is 19.0 Å². The van der Waals surface area contributed by atoms with Gasteiger partial charge in [-0.2, -0.15) is 0 Å². The summed E-state index contributed by atoms with van der Waals surface area (Å²) in [5.74, 6) is 0.932. The average molecular weight is 395 g/mol. The van der Waals surface area contributed by atoms with Gasteiger partial charge >= 0.3 is 0 Å². The molecule has 2 unspecified atom stereocenters. The van der Waals surface area contributed by atoms with E-state index in [9.17, 15) is 0 Å². The van der Waals surface area contributed by atoms with Crippen LogP contribution in [0.1, 0.15) is 52.9 Å². The summed E-state index contributed by atoms with van der Waals surface area (Å²) in [6.07, 6.45) is 6.86. The number of aliphatic imine (C=N–C) groups is 1. The summed E-state index contributed by atoms with van der Waals surface area (Å²) in [6.45, 7) is 7.21. The van der Waals surface area contributed by atoms with Crippen LogP contribution in [0.2, 0.25) is 0 Å². The van der Waals surface area contributed by atoms with Gasteiger partial charge in [-0.1, -0.05) is 12.8 Å². The highest BCUT2D eigenvalue weighted by molar-refractivity contribution is 14.0. The molecule has 2 fully saturated rings. The molecule has 118 valence electrons. The summed E-state index contributed by atoms with van der Waals surface area (Å²) in [6, 6.07) is 0.935. The smallest absolute Gasteiger partial charge is 0.191 e. The van der Waals surface area contributed by atoms with Gasteiger partial charge in [-0.3, -0.25) is 4.99 Å². The van der Waals surface area contributed by atoms with Crippen molar-refractivity contribution in [3.05, 3.63) is 0 Å². The van der Waals surface area contributed by atoms with Gasteiger partial charge in [-0.25, -0.2) is 0 Å². The molecule has 0 aromatic heterocycles. The molecule has 0 amide bonds. The summed E-state index contributed by atoms with van der Waals surface area (Å²) < 4.78 is 5.94. The van der Waals surface area contributed by atoms with Crippen molar-refractivity contribution in [2.45, 2.75) is 71.1 Å². The molecule has 0 aromatic rings. The molecule has 2 rings (SSSR count). The first kappa shape index (κ1) is 18.0. The Labute approximate surface area is 140 Å². The van der Waals surface area contributed by atoms with Gasteiger partial charge < -0.3 is 15.4 Å². The quantitative estimate of drug-likeness (QED) is 0.437. The number of guanidine groups is 1. The molecule has 2 atom stereocenters. The Balaban J connectivity index is 0.00000200. The molecule has 4 nitrogen and oxygen atoms in total. The van der Waals surface area contributed by atoms with E-state index in [-0.39, 0.29) is 24.0 Å². The van der Waals surface area contributed by atoms with Gasteiger partial charge in [0.2, 0.25) is 0 Å². The SMILES string of the molecule is CCOC1CC(NC(=NC)NC(C)C)C12CCCC2.I. The van der Waals surface area contributed by atoms with Gasteiger partial charge in [0.15, 0.2) is 5.96 Å². The van der Waals surface area contributed by atoms with E-state index >= 15 is 0 Å². The zero-order chi connectivity index (χ0) is 13.9. The first-order chi connectivity index (χ1) is 9.12. The van der Waals surface area contributed by atoms with Crippen molar-refractivity contribution in [3.63, 3.8) is 0 Å². The molecule has 0 heterocycles. The fourth-order valence-electron chi connectivity index (χ4n) is 3.70. The maximum absolute atomic E-state index is 5.94. The summed E-state index contributed by atoms with van der Waals surface area (Å²) >= 11 is 0. The van der Waals surface area contributed by atoms with Gasteiger partial charge in [0, 0.05) is 31.2 Å². The molecule has 0 bridgehead atoms. The third-order valence-electron chi connectivity index (χ3n) is 4.65. The Morgan fingerprint density at radius 2 is 2.00 bits per heavy atom. The zero-order valence-electron chi connectivity index (χ0n) is 13.2. The molecule has 2 saturated carbocycles. The molecular formula is C15H30IN3O. The monoisotopic (exact) mass is 395 g/mol. The lowest BCUT2D eigenvalue weighted by Gasteiger charge is -2.54. The van der Waals surface area contributed by atoms with E-state index in [0.29, 0.717) is 23.6 Å². The molecule has 2 aliphatic rings. The van der Waals surface area contributed by atoms with E-state index in [1.807, 2.05) is 7.05 Å². The molecule has 2 aliphatic carbocycles. The van der Waals surface area contributed by atoms with Gasteiger partial charge in [0.25, 0.3) is 0 Å². The zero-order valence-corrected chi connectivity index (χ0v) is 15.6. The van der Waals surface area contributed by atoms with E-state index in [4.69, 9.17) is 4.74 Å². The van der Waals surface area contributed by atoms with Crippen LogP contribution in [0.3, 0.4) is 0 Å². The van der Waals surface area contributed by atoms with Crippen LogP contribution in [0.25, 0.3) is 0 Å². The summed E-state index contributed by atoms with van der Waals surface area (Å²) in [4.78, 5) is 4.33. The standard InChI is InChI=1S/C15H29N3O.HI/c1-5-19-13-10-12(15(13)8-6-7-9-15)18-14(16-4)17-11(2)3;/h11-13H,5-10H2,1-4H3,(H2,16,17,18);1H. The van der Waals surface area contributed by atoms with Gasteiger partial charge in [-0.05, 0) is 40.0 Å². The Morgan fingerprint density at radius 3 is 2.50 bits per heavy atom. The first-order valence-corrected chi connectivity index (χ1v) is 7.74. The number of halogens is 1. The lowest BCUT2D eigenvalue weighted by molar-refractivity contribution is -0.125. The highest BCUT2D eigenvalue weighted by Gasteiger charge is 2.56. The molecule has 2 N–H and O–H groups in total. The maximum atomic E-state index is 5.94. The number of hydrogen-bond donors (Lipinski definition) is 2. The minimum absolute atomic E-state index is 0. The second-order valence-corrected chi connectivity index (χ2v) is 6.19. The lowest BCUT2D eigenvalue weighted by Crippen LogP contribution is -2.65. The largest absolute Gasteiger partial charge is 0.378 e. The second kappa shape index (κ2) is 7.82. The van der Waals surface area contributed by atoms with E-state index in [2.05, 4.69) is 36.4 Å². The Morgan fingerprint density at radius 1 is 1.35 bits per heavy atom. The van der Waals surface area contributed by atoms with Crippen molar-refractivity contribution >= 4 is 29.9 Å². The van der Waals surface area contributed by atoms with E-state index in [1.54, 1.807) is 0 Å². The summed E-state index contributed by atoms with van der Waals surface area (Å²) in [5, 5.41) is 6.99. The predicted molar refractivity (Wildman–Crippen MR) is 94.9 cm³/mol. The minimum Gasteiger partial charge on any atom is -0.378 e. The van der Waals surface area contributed by atoms with Crippen molar-refractivity contribution in [2.75, 3.05) is 13.7 Å². The van der Waals surface area contributed by atoms with Gasteiger partial charge in [0.1, 0.15) is 0 Å². The second-order valence-electron chi connectivity index (χ2n) is 6.19. The van der Waals surface area contributed by atoms with Crippen LogP contribution >= 0.6 is 24.0 Å². The number of nitrogens with zero attached hydrogens (tertiary/aromatic N) is 1. The number of hydrogen-bond acceptors (Lipinski definition) is 2. The van der Waals surface area contributed by atoms with Crippen molar-refractivity contribution in [1.82, 2.24) is 10.6 Å². The van der Waals surface area contributed by atoms with E-state index < -0.39 is 0 Å². The molecule has 20 heavy (non-hydrogen) atoms. The van der Waals surface area contributed by atoms with Crippen molar-refractivity contribution < 1.29 is 4.74 Å². The molecule has 5 heteroatoms. The number of ether oxygens (including phenoxy) is 1. The molecule has 0 aromatic carbocycles. The third kappa shape index (κ3) is 3.59. The Kier molecular flexibility index (Phi) is 7.04. The van der Waals surface area contributed by atoms with Crippen molar-refractivity contribution in [3.8, 4) is 0 Å². The summed E-state index contributed by atoms with van der Waals surface area (Å²) in [5.41, 5.74) is 0.366. The van der Waals surface area contributed by atoms with Crippen LogP contribution in [0, 0.1) is 5.41 Å². The fraction of sp³-hybridized carbons (Fsp3) is 0.933. The third-order valence-corrected chi connectivity index (χ3v) is 4.65. The Hall–Kier alpha value is -0.0400. The minimum atomic E-state index is 0. The fourth-order valence-corrected chi connectivity index (χ4v) is 3.70. The molecule has 0 radical (unpaired) electrons. The molecular weight excluding hydrogens is 365 g/mol. The molecule has 1 spiro atoms. The van der Waals surface area contributed by atoms with Crippen LogP contribution in [0.4, 0.5) is 0 Å². The van der Waals surface area contributed by atoms with Crippen LogP contribution in [-0.2, 0) is 4.74 Å². The number of rotatable bonds is 4.